The molecule has 0 unspecified atom stereocenters. The molecule has 0 aromatic heterocycles. The molecule has 0 heterocycles. The van der Waals surface area contributed by atoms with E-state index in [-0.39, 0.29) is 0 Å². The summed E-state index contributed by atoms with van der Waals surface area (Å²) in [7, 11) is 2.45. The molecule has 0 amide bonds. The highest BCUT2D eigenvalue weighted by Crippen LogP contribution is 2.11. The Morgan fingerprint density at radius 1 is 0.440 bits per heavy atom. The predicted molar refractivity (Wildman–Crippen MR) is 117 cm³/mol. The zero-order chi connectivity index (χ0) is 19.6. The maximum absolute atomic E-state index is 2.45. The second-order valence-electron chi connectivity index (χ2n) is 8.22. The van der Waals surface area contributed by atoms with Crippen LogP contribution in [0.3, 0.4) is 0 Å². The first-order valence-electron chi connectivity index (χ1n) is 11.6. The molecule has 0 rings (SSSR count). The molecule has 0 aliphatic carbocycles. The Balaban J connectivity index is 0. The third-order valence-electron chi connectivity index (χ3n) is 6.15. The van der Waals surface area contributed by atoms with Crippen LogP contribution in [0.5, 0.6) is 0 Å². The van der Waals surface area contributed by atoms with E-state index in [4.69, 9.17) is 0 Å². The molecule has 0 aromatic carbocycles. The standard InChI is InChI=1S/C13H30N.C10H24N/c1-5-8-11-14(4,12-9-6-2)13-10-7-3;1-5-9-10-11(6-2,7-3)8-4/h5-13H2,1-4H3;5-10H2,1-4H3/q2*+1. The molecule has 0 spiro atoms. The molecule has 2 heteroatoms. The molecule has 0 radical (unpaired) electrons. The van der Waals surface area contributed by atoms with Crippen molar-refractivity contribution in [1.29, 1.82) is 0 Å². The number of hydrogen-bond acceptors (Lipinski definition) is 0. The summed E-state index contributed by atoms with van der Waals surface area (Å²) in [6.07, 6.45) is 10.9. The Kier molecular flexibility index (Phi) is 18.8. The van der Waals surface area contributed by atoms with Crippen LogP contribution in [-0.2, 0) is 0 Å². The monoisotopic (exact) mass is 358 g/mol. The van der Waals surface area contributed by atoms with Crippen molar-refractivity contribution in [1.82, 2.24) is 0 Å². The Morgan fingerprint density at radius 3 is 0.960 bits per heavy atom. The Morgan fingerprint density at radius 2 is 0.720 bits per heavy atom. The fraction of sp³-hybridized carbons (Fsp3) is 1.00. The normalized spacial score (nSPS) is 12.0. The first kappa shape index (κ1) is 27.1. The van der Waals surface area contributed by atoms with E-state index in [1.807, 2.05) is 0 Å². The van der Waals surface area contributed by atoms with Gasteiger partial charge in [-0.3, -0.25) is 0 Å². The minimum absolute atomic E-state index is 1.30. The SMILES string of the molecule is CCCC[N+](C)(CCCC)CCCC.CCCC[N+](CC)(CC)CC. The maximum Gasteiger partial charge on any atom is 0.0786 e. The minimum Gasteiger partial charge on any atom is -0.326 e. The summed E-state index contributed by atoms with van der Waals surface area (Å²) in [5.74, 6) is 0. The average Bonchev–Trinajstić information content (AvgIpc) is 2.65. The zero-order valence-corrected chi connectivity index (χ0v) is 19.5. The van der Waals surface area contributed by atoms with E-state index in [9.17, 15) is 0 Å². The molecule has 25 heavy (non-hydrogen) atoms. The van der Waals surface area contributed by atoms with Gasteiger partial charge in [-0.05, 0) is 46.5 Å². The lowest BCUT2D eigenvalue weighted by molar-refractivity contribution is -0.923. The van der Waals surface area contributed by atoms with Gasteiger partial charge in [-0.1, -0.05) is 53.4 Å². The molecule has 0 aromatic rings. The smallest absolute Gasteiger partial charge is 0.0786 e. The van der Waals surface area contributed by atoms with Crippen LogP contribution in [0.25, 0.3) is 0 Å². The Labute approximate surface area is 162 Å². The highest BCUT2D eigenvalue weighted by atomic mass is 15.3. The first-order valence-corrected chi connectivity index (χ1v) is 11.6. The topological polar surface area (TPSA) is 0 Å². The van der Waals surface area contributed by atoms with E-state index >= 15 is 0 Å². The molecule has 2 nitrogen and oxygen atoms in total. The van der Waals surface area contributed by atoms with Gasteiger partial charge in [0, 0.05) is 0 Å². The van der Waals surface area contributed by atoms with E-state index in [1.165, 1.54) is 106 Å². The molecule has 0 atom stereocenters. The van der Waals surface area contributed by atoms with Crippen molar-refractivity contribution in [3.63, 3.8) is 0 Å². The van der Waals surface area contributed by atoms with Gasteiger partial charge >= 0.3 is 0 Å². The second kappa shape index (κ2) is 17.3. The van der Waals surface area contributed by atoms with Gasteiger partial charge in [-0.25, -0.2) is 0 Å². The number of nitrogens with zero attached hydrogens (tertiary/aromatic N) is 2. The molecular formula is C23H54N2+2. The van der Waals surface area contributed by atoms with E-state index in [0.717, 1.165) is 0 Å². The van der Waals surface area contributed by atoms with Crippen LogP contribution in [0, 0.1) is 0 Å². The lowest BCUT2D eigenvalue weighted by atomic mass is 10.2. The predicted octanol–water partition coefficient (Wildman–Crippen LogP) is 6.50. The zero-order valence-electron chi connectivity index (χ0n) is 19.5. The van der Waals surface area contributed by atoms with Gasteiger partial charge < -0.3 is 8.97 Å². The third-order valence-corrected chi connectivity index (χ3v) is 6.15. The van der Waals surface area contributed by atoms with Gasteiger partial charge in [-0.15, -0.1) is 0 Å². The Bertz CT molecular complexity index is 229. The van der Waals surface area contributed by atoms with Gasteiger partial charge in [-0.2, -0.15) is 0 Å². The summed E-state index contributed by atoms with van der Waals surface area (Å²) in [6, 6.07) is 0. The average molecular weight is 359 g/mol. The summed E-state index contributed by atoms with van der Waals surface area (Å²) >= 11 is 0. The summed E-state index contributed by atoms with van der Waals surface area (Å²) in [6.45, 7) is 25.5. The lowest BCUT2D eigenvalue weighted by Crippen LogP contribution is -2.48. The van der Waals surface area contributed by atoms with Crippen molar-refractivity contribution in [2.75, 3.05) is 52.9 Å². The summed E-state index contributed by atoms with van der Waals surface area (Å²) in [5, 5.41) is 0. The third kappa shape index (κ3) is 13.7. The van der Waals surface area contributed by atoms with E-state index in [0.29, 0.717) is 0 Å². The van der Waals surface area contributed by atoms with Crippen LogP contribution >= 0.6 is 0 Å². The van der Waals surface area contributed by atoms with Crippen molar-refractivity contribution in [2.45, 2.75) is 99.8 Å². The van der Waals surface area contributed by atoms with Crippen LogP contribution in [0.2, 0.25) is 0 Å². The number of hydrogen-bond donors (Lipinski definition) is 0. The molecular weight excluding hydrogens is 304 g/mol. The van der Waals surface area contributed by atoms with Gasteiger partial charge in [0.05, 0.1) is 52.9 Å². The molecule has 0 aliphatic heterocycles. The van der Waals surface area contributed by atoms with Crippen molar-refractivity contribution in [2.24, 2.45) is 0 Å². The van der Waals surface area contributed by atoms with E-state index in [2.05, 4.69) is 55.5 Å². The first-order chi connectivity index (χ1) is 11.9. The summed E-state index contributed by atoms with van der Waals surface area (Å²) in [5.41, 5.74) is 0. The molecule has 0 saturated heterocycles. The molecule has 154 valence electrons. The van der Waals surface area contributed by atoms with Crippen molar-refractivity contribution in [3.05, 3.63) is 0 Å². The number of rotatable bonds is 15. The van der Waals surface area contributed by atoms with Crippen LogP contribution in [0.15, 0.2) is 0 Å². The molecule has 0 saturated carbocycles. The molecule has 0 aliphatic rings. The van der Waals surface area contributed by atoms with E-state index in [1.54, 1.807) is 0 Å². The van der Waals surface area contributed by atoms with Crippen LogP contribution in [0.4, 0.5) is 0 Å². The summed E-state index contributed by atoms with van der Waals surface area (Å²) < 4.78 is 2.63. The van der Waals surface area contributed by atoms with Crippen molar-refractivity contribution in [3.8, 4) is 0 Å². The van der Waals surface area contributed by atoms with E-state index < -0.39 is 0 Å². The van der Waals surface area contributed by atoms with Crippen molar-refractivity contribution >= 4 is 0 Å². The van der Waals surface area contributed by atoms with Crippen molar-refractivity contribution < 1.29 is 8.97 Å². The highest BCUT2D eigenvalue weighted by molar-refractivity contribution is 4.44. The largest absolute Gasteiger partial charge is 0.326 e. The van der Waals surface area contributed by atoms with Gasteiger partial charge in [0.15, 0.2) is 0 Å². The van der Waals surface area contributed by atoms with Gasteiger partial charge in [0.25, 0.3) is 0 Å². The molecule has 0 bridgehead atoms. The van der Waals surface area contributed by atoms with Crippen LogP contribution < -0.4 is 0 Å². The van der Waals surface area contributed by atoms with Gasteiger partial charge in [0.1, 0.15) is 0 Å². The number of unbranched alkanes of at least 4 members (excludes halogenated alkanes) is 4. The maximum atomic E-state index is 2.45. The summed E-state index contributed by atoms with van der Waals surface area (Å²) in [4.78, 5) is 0. The highest BCUT2D eigenvalue weighted by Gasteiger charge is 2.19. The fourth-order valence-corrected chi connectivity index (χ4v) is 3.59. The number of quaternary nitrogens is 2. The molecule has 0 fully saturated rings. The fourth-order valence-electron chi connectivity index (χ4n) is 3.59. The van der Waals surface area contributed by atoms with Crippen LogP contribution in [0.1, 0.15) is 99.8 Å². The lowest BCUT2D eigenvalue weighted by Gasteiger charge is -2.35. The Hall–Kier alpha value is -0.0800. The van der Waals surface area contributed by atoms with Gasteiger partial charge in [0.2, 0.25) is 0 Å². The molecule has 0 N–H and O–H groups in total. The van der Waals surface area contributed by atoms with Crippen LogP contribution in [-0.4, -0.2) is 61.8 Å². The quantitative estimate of drug-likeness (QED) is 0.293. The second-order valence-corrected chi connectivity index (χ2v) is 8.22. The minimum atomic E-state index is 1.30.